The maximum atomic E-state index is 14.1. The zero-order chi connectivity index (χ0) is 18.8. The topological polar surface area (TPSA) is 83.1 Å². The van der Waals surface area contributed by atoms with Crippen LogP contribution in [0.5, 0.6) is 5.75 Å². The highest BCUT2D eigenvalue weighted by Crippen LogP contribution is 2.29. The van der Waals surface area contributed by atoms with Crippen LogP contribution in [0.25, 0.3) is 0 Å². The highest BCUT2D eigenvalue weighted by molar-refractivity contribution is 6.32. The van der Waals surface area contributed by atoms with E-state index in [1.807, 2.05) is 18.2 Å². The summed E-state index contributed by atoms with van der Waals surface area (Å²) in [5.41, 5.74) is 9.64. The van der Waals surface area contributed by atoms with Crippen molar-refractivity contribution >= 4 is 40.4 Å². The van der Waals surface area contributed by atoms with Crippen molar-refractivity contribution < 1.29 is 9.13 Å². The van der Waals surface area contributed by atoms with Crippen LogP contribution in [-0.2, 0) is 6.54 Å². The average molecular weight is 387 g/mol. The lowest BCUT2D eigenvalue weighted by Gasteiger charge is -2.11. The smallest absolute Gasteiger partial charge is 0.229 e. The normalized spacial score (nSPS) is 12.3. The molecule has 0 spiro atoms. The average Bonchev–Trinajstić information content (AvgIpc) is 3.12. The number of nitrogens with one attached hydrogen (secondary N) is 4. The summed E-state index contributed by atoms with van der Waals surface area (Å²) >= 11 is 6.11. The second-order valence-corrected chi connectivity index (χ2v) is 6.25. The molecular formula is C18H16ClFN6O. The van der Waals surface area contributed by atoms with Crippen LogP contribution in [0, 0.1) is 5.82 Å². The van der Waals surface area contributed by atoms with E-state index < -0.39 is 5.82 Å². The van der Waals surface area contributed by atoms with E-state index in [9.17, 15) is 4.39 Å². The number of hydrazine groups is 1. The van der Waals surface area contributed by atoms with Crippen molar-refractivity contribution in [2.24, 2.45) is 0 Å². The number of hydrogen-bond donors (Lipinski definition) is 4. The number of hydrogen-bond acceptors (Lipinski definition) is 7. The number of nitrogens with zero attached hydrogens (tertiary/aromatic N) is 2. The molecule has 7 nitrogen and oxygen atoms in total. The zero-order valence-corrected chi connectivity index (χ0v) is 15.1. The molecule has 3 aromatic rings. The third kappa shape index (κ3) is 3.71. The highest BCUT2D eigenvalue weighted by atomic mass is 35.5. The number of benzene rings is 2. The first-order valence-electron chi connectivity index (χ1n) is 8.14. The molecule has 4 N–H and O–H groups in total. The highest BCUT2D eigenvalue weighted by Gasteiger charge is 2.12. The van der Waals surface area contributed by atoms with Crippen LogP contribution in [0.15, 0.2) is 42.6 Å². The summed E-state index contributed by atoms with van der Waals surface area (Å²) in [4.78, 5) is 8.21. The van der Waals surface area contributed by atoms with E-state index in [4.69, 9.17) is 16.3 Å². The van der Waals surface area contributed by atoms with Gasteiger partial charge in [-0.05, 0) is 42.0 Å². The van der Waals surface area contributed by atoms with Crippen molar-refractivity contribution in [3.63, 3.8) is 0 Å². The Balaban J connectivity index is 1.55. The summed E-state index contributed by atoms with van der Waals surface area (Å²) in [5.74, 6) is 0.277. The monoisotopic (exact) mass is 386 g/mol. The standard InChI is InChI=1S/C18H16ClFN6O/c1-27-16-5-3-12(7-13(16)19)23-17-14(20)9-21-18(25-17)24-11-2-4-15-10(6-11)8-22-26-15/h2-7,9,22,26H,8H2,1H3,(H2,21,23,24,25). The van der Waals surface area contributed by atoms with E-state index >= 15 is 0 Å². The van der Waals surface area contributed by atoms with Gasteiger partial charge in [0.25, 0.3) is 0 Å². The van der Waals surface area contributed by atoms with Gasteiger partial charge in [0, 0.05) is 17.9 Å². The Morgan fingerprint density at radius 2 is 1.96 bits per heavy atom. The van der Waals surface area contributed by atoms with Gasteiger partial charge in [0.1, 0.15) is 5.75 Å². The van der Waals surface area contributed by atoms with Gasteiger partial charge in [-0.2, -0.15) is 4.98 Å². The van der Waals surface area contributed by atoms with Gasteiger partial charge in [0.15, 0.2) is 11.6 Å². The molecule has 0 amide bonds. The fraction of sp³-hybridized carbons (Fsp3) is 0.111. The maximum absolute atomic E-state index is 14.1. The first-order chi connectivity index (χ1) is 13.1. The van der Waals surface area contributed by atoms with E-state index in [1.165, 1.54) is 7.11 Å². The fourth-order valence-corrected chi connectivity index (χ4v) is 2.96. The van der Waals surface area contributed by atoms with E-state index in [-0.39, 0.29) is 11.8 Å². The summed E-state index contributed by atoms with van der Waals surface area (Å²) in [7, 11) is 1.53. The Morgan fingerprint density at radius 1 is 1.15 bits per heavy atom. The summed E-state index contributed by atoms with van der Waals surface area (Å²) in [6.07, 6.45) is 1.11. The van der Waals surface area contributed by atoms with E-state index in [1.54, 1.807) is 18.2 Å². The molecule has 0 saturated carbocycles. The van der Waals surface area contributed by atoms with Gasteiger partial charge in [0.05, 0.1) is 24.0 Å². The van der Waals surface area contributed by atoms with Crippen molar-refractivity contribution in [1.29, 1.82) is 0 Å². The zero-order valence-electron chi connectivity index (χ0n) is 14.3. The quantitative estimate of drug-likeness (QED) is 0.523. The van der Waals surface area contributed by atoms with Crippen LogP contribution in [0.4, 0.5) is 33.2 Å². The number of anilines is 5. The summed E-state index contributed by atoms with van der Waals surface area (Å²) < 4.78 is 19.2. The molecule has 1 aromatic heterocycles. The van der Waals surface area contributed by atoms with Crippen molar-refractivity contribution in [2.45, 2.75) is 6.54 Å². The molecule has 2 heterocycles. The van der Waals surface area contributed by atoms with E-state index in [0.717, 1.165) is 29.7 Å². The van der Waals surface area contributed by atoms with E-state index in [2.05, 4.69) is 31.5 Å². The minimum absolute atomic E-state index is 0.0400. The van der Waals surface area contributed by atoms with Crippen LogP contribution in [0.1, 0.15) is 5.56 Å². The third-order valence-electron chi connectivity index (χ3n) is 4.02. The molecule has 9 heteroatoms. The Kier molecular flexibility index (Phi) is 4.66. The lowest BCUT2D eigenvalue weighted by molar-refractivity contribution is 0.415. The first kappa shape index (κ1) is 17.3. The molecule has 2 aromatic carbocycles. The molecular weight excluding hydrogens is 371 g/mol. The summed E-state index contributed by atoms with van der Waals surface area (Å²) in [6, 6.07) is 10.9. The Labute approximate surface area is 159 Å². The number of ether oxygens (including phenoxy) is 1. The molecule has 1 aliphatic rings. The maximum Gasteiger partial charge on any atom is 0.229 e. The van der Waals surface area contributed by atoms with Gasteiger partial charge in [-0.3, -0.25) is 0 Å². The molecule has 1 aliphatic heterocycles. The molecule has 0 bridgehead atoms. The molecule has 0 radical (unpaired) electrons. The molecule has 4 rings (SSSR count). The van der Waals surface area contributed by atoms with Gasteiger partial charge in [0.2, 0.25) is 5.95 Å². The Morgan fingerprint density at radius 3 is 2.78 bits per heavy atom. The minimum atomic E-state index is -0.574. The van der Waals surface area contributed by atoms with Crippen LogP contribution < -0.4 is 26.2 Å². The molecule has 0 fully saturated rings. The number of rotatable bonds is 5. The van der Waals surface area contributed by atoms with Crippen LogP contribution in [0.3, 0.4) is 0 Å². The third-order valence-corrected chi connectivity index (χ3v) is 4.32. The van der Waals surface area contributed by atoms with E-state index in [0.29, 0.717) is 16.5 Å². The summed E-state index contributed by atoms with van der Waals surface area (Å²) in [5, 5.41) is 6.40. The van der Waals surface area contributed by atoms with Crippen molar-refractivity contribution in [1.82, 2.24) is 15.4 Å². The van der Waals surface area contributed by atoms with Gasteiger partial charge in [-0.1, -0.05) is 11.6 Å². The Bertz CT molecular complexity index is 1000. The number of halogens is 2. The minimum Gasteiger partial charge on any atom is -0.495 e. The second kappa shape index (κ2) is 7.26. The molecule has 27 heavy (non-hydrogen) atoms. The Hall–Kier alpha value is -3.10. The number of fused-ring (bicyclic) bond motifs is 1. The van der Waals surface area contributed by atoms with Gasteiger partial charge in [-0.25, -0.2) is 14.8 Å². The number of aromatic nitrogens is 2. The van der Waals surface area contributed by atoms with Crippen LogP contribution >= 0.6 is 11.6 Å². The van der Waals surface area contributed by atoms with Crippen LogP contribution in [-0.4, -0.2) is 17.1 Å². The largest absolute Gasteiger partial charge is 0.495 e. The fourth-order valence-electron chi connectivity index (χ4n) is 2.70. The SMILES string of the molecule is COc1ccc(Nc2nc(Nc3ccc4c(c3)CNN4)ncc2F)cc1Cl. The molecule has 0 unspecified atom stereocenters. The van der Waals surface area contributed by atoms with Gasteiger partial charge in [-0.15, -0.1) is 0 Å². The van der Waals surface area contributed by atoms with Crippen molar-refractivity contribution in [3.8, 4) is 5.75 Å². The molecule has 0 saturated heterocycles. The second-order valence-electron chi connectivity index (χ2n) is 5.84. The molecule has 138 valence electrons. The predicted octanol–water partition coefficient (Wildman–Crippen LogP) is 4.20. The number of methoxy groups -OCH3 is 1. The lowest BCUT2D eigenvalue weighted by atomic mass is 10.2. The van der Waals surface area contributed by atoms with Gasteiger partial charge >= 0.3 is 0 Å². The molecule has 0 atom stereocenters. The van der Waals surface area contributed by atoms with Crippen molar-refractivity contribution in [2.75, 3.05) is 23.2 Å². The van der Waals surface area contributed by atoms with Crippen molar-refractivity contribution in [3.05, 3.63) is 59.0 Å². The predicted molar refractivity (Wildman–Crippen MR) is 103 cm³/mol. The lowest BCUT2D eigenvalue weighted by Crippen LogP contribution is -2.10. The summed E-state index contributed by atoms with van der Waals surface area (Å²) in [6.45, 7) is 0.722. The van der Waals surface area contributed by atoms with Gasteiger partial charge < -0.3 is 20.8 Å². The first-order valence-corrected chi connectivity index (χ1v) is 8.52. The van der Waals surface area contributed by atoms with Crippen LogP contribution in [0.2, 0.25) is 5.02 Å². The molecule has 0 aliphatic carbocycles.